The lowest BCUT2D eigenvalue weighted by atomic mass is 10.1. The largest absolute Gasteiger partial charge is 0.496 e. The van der Waals surface area contributed by atoms with Gasteiger partial charge in [0.2, 0.25) is 0 Å². The highest BCUT2D eigenvalue weighted by atomic mass is 35.5. The maximum atomic E-state index is 12.2. The van der Waals surface area contributed by atoms with Crippen LogP contribution in [0.3, 0.4) is 0 Å². The number of ether oxygens (including phenoxy) is 3. The third-order valence-corrected chi connectivity index (χ3v) is 3.78. The molecule has 5 nitrogen and oxygen atoms in total. The van der Waals surface area contributed by atoms with Gasteiger partial charge in [0.15, 0.2) is 0 Å². The number of rotatable bonds is 6. The number of benzene rings is 2. The van der Waals surface area contributed by atoms with Crippen molar-refractivity contribution in [2.75, 3.05) is 26.1 Å². The molecule has 0 aliphatic carbocycles. The summed E-state index contributed by atoms with van der Waals surface area (Å²) in [6.07, 6.45) is 0. The second-order valence-corrected chi connectivity index (χ2v) is 5.73. The van der Waals surface area contributed by atoms with Crippen LogP contribution in [0.5, 0.6) is 11.5 Å². The van der Waals surface area contributed by atoms with Gasteiger partial charge in [0, 0.05) is 6.07 Å². The normalized spacial score (nSPS) is 10.3. The summed E-state index contributed by atoms with van der Waals surface area (Å²) in [6.45, 7) is 4.31. The molecule has 2 aromatic rings. The summed E-state index contributed by atoms with van der Waals surface area (Å²) in [6, 6.07) is 8.87. The first-order chi connectivity index (χ1) is 11.4. The number of halogens is 1. The first kappa shape index (κ1) is 17.9. The highest BCUT2D eigenvalue weighted by Gasteiger charge is 2.16. The van der Waals surface area contributed by atoms with Crippen molar-refractivity contribution in [1.82, 2.24) is 0 Å². The van der Waals surface area contributed by atoms with Crippen LogP contribution in [-0.4, -0.2) is 26.3 Å². The molecule has 24 heavy (non-hydrogen) atoms. The highest BCUT2D eigenvalue weighted by molar-refractivity contribution is 6.33. The topological polar surface area (TPSA) is 70.8 Å². The predicted molar refractivity (Wildman–Crippen MR) is 94.1 cm³/mol. The molecular weight excluding hydrogens is 330 g/mol. The Hall–Kier alpha value is -2.40. The van der Waals surface area contributed by atoms with Crippen molar-refractivity contribution in [3.05, 3.63) is 52.0 Å². The van der Waals surface area contributed by atoms with E-state index in [-0.39, 0.29) is 23.8 Å². The number of esters is 1. The minimum atomic E-state index is -0.543. The van der Waals surface area contributed by atoms with Gasteiger partial charge >= 0.3 is 5.97 Å². The zero-order valence-corrected chi connectivity index (χ0v) is 14.6. The van der Waals surface area contributed by atoms with E-state index in [0.29, 0.717) is 11.4 Å². The maximum Gasteiger partial charge on any atom is 0.342 e. The van der Waals surface area contributed by atoms with E-state index in [1.807, 2.05) is 32.0 Å². The molecule has 0 bridgehead atoms. The number of anilines is 1. The molecule has 2 rings (SSSR count). The Balaban J connectivity index is 1.94. The summed E-state index contributed by atoms with van der Waals surface area (Å²) in [4.78, 5) is 12.2. The van der Waals surface area contributed by atoms with Crippen LogP contribution in [0.15, 0.2) is 30.3 Å². The summed E-state index contributed by atoms with van der Waals surface area (Å²) >= 11 is 5.95. The van der Waals surface area contributed by atoms with Crippen LogP contribution in [0, 0.1) is 13.8 Å². The van der Waals surface area contributed by atoms with E-state index >= 15 is 0 Å². The molecule has 0 fully saturated rings. The minimum Gasteiger partial charge on any atom is -0.496 e. The van der Waals surface area contributed by atoms with E-state index in [1.54, 1.807) is 0 Å². The fourth-order valence-corrected chi connectivity index (χ4v) is 2.29. The molecule has 0 unspecified atom stereocenters. The van der Waals surface area contributed by atoms with Gasteiger partial charge in [-0.2, -0.15) is 0 Å². The molecule has 6 heteroatoms. The fourth-order valence-electron chi connectivity index (χ4n) is 2.12. The summed E-state index contributed by atoms with van der Waals surface area (Å²) in [5.74, 6) is 0.551. The van der Waals surface area contributed by atoms with Gasteiger partial charge in [-0.15, -0.1) is 0 Å². The minimum absolute atomic E-state index is 0.108. The Bertz CT molecular complexity index is 746. The second kappa shape index (κ2) is 7.93. The number of methoxy groups -OCH3 is 1. The SMILES string of the molecule is COc1cc(N)c(Cl)cc1C(=O)OCCOc1cc(C)ccc1C. The van der Waals surface area contributed by atoms with Crippen LogP contribution < -0.4 is 15.2 Å². The first-order valence-corrected chi connectivity index (χ1v) is 7.80. The van der Waals surface area contributed by atoms with Crippen molar-refractivity contribution in [3.8, 4) is 11.5 Å². The predicted octanol–water partition coefficient (Wildman–Crippen LogP) is 3.78. The molecule has 2 N–H and O–H groups in total. The van der Waals surface area contributed by atoms with Gasteiger partial charge in [0.25, 0.3) is 0 Å². The van der Waals surface area contributed by atoms with Crippen LogP contribution in [0.25, 0.3) is 0 Å². The number of nitrogens with two attached hydrogens (primary N) is 1. The molecule has 2 aromatic carbocycles. The van der Waals surface area contributed by atoms with Gasteiger partial charge < -0.3 is 19.9 Å². The maximum absolute atomic E-state index is 12.2. The summed E-state index contributed by atoms with van der Waals surface area (Å²) < 4.78 is 16.0. The van der Waals surface area contributed by atoms with Gasteiger partial charge in [-0.1, -0.05) is 23.7 Å². The van der Waals surface area contributed by atoms with Crippen LogP contribution in [0.2, 0.25) is 5.02 Å². The molecule has 0 saturated carbocycles. The van der Waals surface area contributed by atoms with Gasteiger partial charge in [0.05, 0.1) is 17.8 Å². The van der Waals surface area contributed by atoms with E-state index in [9.17, 15) is 4.79 Å². The Morgan fingerprint density at radius 1 is 1.12 bits per heavy atom. The number of aryl methyl sites for hydroxylation is 2. The number of carbonyl (C=O) groups excluding carboxylic acids is 1. The van der Waals surface area contributed by atoms with E-state index < -0.39 is 5.97 Å². The molecular formula is C18H20ClNO4. The molecule has 0 amide bonds. The van der Waals surface area contributed by atoms with Crippen molar-refractivity contribution in [3.63, 3.8) is 0 Å². The number of carbonyl (C=O) groups is 1. The zero-order chi connectivity index (χ0) is 17.7. The average Bonchev–Trinajstić information content (AvgIpc) is 2.56. The lowest BCUT2D eigenvalue weighted by Gasteiger charge is -2.12. The molecule has 128 valence electrons. The second-order valence-electron chi connectivity index (χ2n) is 5.33. The lowest BCUT2D eigenvalue weighted by molar-refractivity contribution is 0.0446. The molecule has 0 aliphatic rings. The smallest absolute Gasteiger partial charge is 0.342 e. The van der Waals surface area contributed by atoms with Crippen LogP contribution in [-0.2, 0) is 4.74 Å². The van der Waals surface area contributed by atoms with Gasteiger partial charge in [-0.05, 0) is 37.1 Å². The third-order valence-electron chi connectivity index (χ3n) is 3.46. The van der Waals surface area contributed by atoms with Crippen LogP contribution in [0.1, 0.15) is 21.5 Å². The van der Waals surface area contributed by atoms with Crippen molar-refractivity contribution < 1.29 is 19.0 Å². The summed E-state index contributed by atoms with van der Waals surface area (Å²) in [7, 11) is 1.45. The van der Waals surface area contributed by atoms with E-state index in [2.05, 4.69) is 0 Å². The summed E-state index contributed by atoms with van der Waals surface area (Å²) in [5, 5.41) is 0.273. The van der Waals surface area contributed by atoms with Crippen molar-refractivity contribution in [1.29, 1.82) is 0 Å². The molecule has 0 saturated heterocycles. The van der Waals surface area contributed by atoms with Gasteiger partial charge in [-0.3, -0.25) is 0 Å². The van der Waals surface area contributed by atoms with Crippen molar-refractivity contribution in [2.24, 2.45) is 0 Å². The van der Waals surface area contributed by atoms with Crippen molar-refractivity contribution >= 4 is 23.3 Å². The van der Waals surface area contributed by atoms with Gasteiger partial charge in [0.1, 0.15) is 30.3 Å². The van der Waals surface area contributed by atoms with Crippen LogP contribution in [0.4, 0.5) is 5.69 Å². The molecule has 0 spiro atoms. The Labute approximate surface area is 146 Å². The highest BCUT2D eigenvalue weighted by Crippen LogP contribution is 2.29. The molecule has 0 radical (unpaired) electrons. The van der Waals surface area contributed by atoms with Crippen molar-refractivity contribution in [2.45, 2.75) is 13.8 Å². The zero-order valence-electron chi connectivity index (χ0n) is 13.9. The third kappa shape index (κ3) is 4.32. The molecule has 0 aliphatic heterocycles. The van der Waals surface area contributed by atoms with Gasteiger partial charge in [-0.25, -0.2) is 4.79 Å². The fraction of sp³-hybridized carbons (Fsp3) is 0.278. The van der Waals surface area contributed by atoms with E-state index in [4.69, 9.17) is 31.5 Å². The number of hydrogen-bond acceptors (Lipinski definition) is 5. The standard InChI is InChI=1S/C18H20ClNO4/c1-11-4-5-12(2)16(8-11)23-6-7-24-18(21)13-9-14(19)15(20)10-17(13)22-3/h4-5,8-10H,6-7,20H2,1-3H3. The Kier molecular flexibility index (Phi) is 5.93. The van der Waals surface area contributed by atoms with Crippen LogP contribution >= 0.6 is 11.6 Å². The first-order valence-electron chi connectivity index (χ1n) is 7.42. The number of nitrogen functional groups attached to an aromatic ring is 1. The number of hydrogen-bond donors (Lipinski definition) is 1. The summed E-state index contributed by atoms with van der Waals surface area (Å²) in [5.41, 5.74) is 8.39. The lowest BCUT2D eigenvalue weighted by Crippen LogP contribution is -2.14. The molecule has 0 atom stereocenters. The Morgan fingerprint density at radius 3 is 2.58 bits per heavy atom. The van der Waals surface area contributed by atoms with E-state index in [0.717, 1.165) is 16.9 Å². The average molecular weight is 350 g/mol. The monoisotopic (exact) mass is 349 g/mol. The Morgan fingerprint density at radius 2 is 1.88 bits per heavy atom. The molecule has 0 aromatic heterocycles. The molecule has 0 heterocycles. The quantitative estimate of drug-likeness (QED) is 0.488. The van der Waals surface area contributed by atoms with E-state index in [1.165, 1.54) is 19.2 Å².